The van der Waals surface area contributed by atoms with Crippen LogP contribution in [0.1, 0.15) is 40.0 Å². The summed E-state index contributed by atoms with van der Waals surface area (Å²) in [6, 6.07) is 0. The van der Waals surface area contributed by atoms with Gasteiger partial charge in [0.05, 0.1) is 5.75 Å². The molecule has 0 aromatic carbocycles. The minimum Gasteiger partial charge on any atom is -0.229 e. The molecule has 2 unspecified atom stereocenters. The van der Waals surface area contributed by atoms with Gasteiger partial charge >= 0.3 is 0 Å². The molecule has 0 saturated carbocycles. The van der Waals surface area contributed by atoms with Crippen LogP contribution in [-0.4, -0.2) is 30.4 Å². The Morgan fingerprint density at radius 1 is 1.47 bits per heavy atom. The predicted molar refractivity (Wildman–Crippen MR) is 68.2 cm³/mol. The van der Waals surface area contributed by atoms with Crippen LogP contribution in [0.3, 0.4) is 0 Å². The summed E-state index contributed by atoms with van der Waals surface area (Å²) in [7, 11) is -2.80. The molecule has 1 rings (SSSR count). The smallest absolute Gasteiger partial charge is 0.147 e. The monoisotopic (exact) mass is 250 g/mol. The Morgan fingerprint density at radius 2 is 2.07 bits per heavy atom. The van der Waals surface area contributed by atoms with E-state index in [4.69, 9.17) is 0 Å². The molecule has 0 radical (unpaired) electrons. The summed E-state index contributed by atoms with van der Waals surface area (Å²) >= 11 is 2.00. The molecule has 0 bridgehead atoms. The lowest BCUT2D eigenvalue weighted by atomic mass is 9.98. The van der Waals surface area contributed by atoms with Gasteiger partial charge in [-0.15, -0.1) is 0 Å². The lowest BCUT2D eigenvalue weighted by Crippen LogP contribution is -2.21. The van der Waals surface area contributed by atoms with Gasteiger partial charge in [-0.3, -0.25) is 0 Å². The van der Waals surface area contributed by atoms with Crippen molar-refractivity contribution in [2.75, 3.05) is 12.0 Å². The zero-order valence-electron chi connectivity index (χ0n) is 10.1. The van der Waals surface area contributed by atoms with Crippen molar-refractivity contribution in [1.82, 2.24) is 0 Å². The lowest BCUT2D eigenvalue weighted by Gasteiger charge is -2.24. The molecule has 2 atom stereocenters. The van der Waals surface area contributed by atoms with Crippen molar-refractivity contribution in [3.8, 4) is 0 Å². The first kappa shape index (κ1) is 13.4. The van der Waals surface area contributed by atoms with Gasteiger partial charge in [-0.1, -0.05) is 20.8 Å². The summed E-state index contributed by atoms with van der Waals surface area (Å²) in [5.74, 6) is 1.04. The SMILES string of the molecule is CC(C)C1CCC(C)(CCS(C)(=O)=O)S1. The maximum absolute atomic E-state index is 11.1. The molecule has 1 heterocycles. The van der Waals surface area contributed by atoms with E-state index in [1.54, 1.807) is 0 Å². The first-order valence-corrected chi connectivity index (χ1v) is 8.51. The molecule has 15 heavy (non-hydrogen) atoms. The molecular weight excluding hydrogens is 228 g/mol. The number of sulfone groups is 1. The molecule has 1 fully saturated rings. The van der Waals surface area contributed by atoms with Crippen molar-refractivity contribution in [3.63, 3.8) is 0 Å². The largest absolute Gasteiger partial charge is 0.229 e. The van der Waals surface area contributed by atoms with Crippen molar-refractivity contribution in [2.45, 2.75) is 50.0 Å². The molecule has 90 valence electrons. The molecule has 0 N–H and O–H groups in total. The number of hydrogen-bond acceptors (Lipinski definition) is 3. The van der Waals surface area contributed by atoms with Crippen LogP contribution < -0.4 is 0 Å². The van der Waals surface area contributed by atoms with Crippen LogP contribution in [0, 0.1) is 5.92 Å². The molecule has 1 saturated heterocycles. The van der Waals surface area contributed by atoms with Gasteiger partial charge < -0.3 is 0 Å². The van der Waals surface area contributed by atoms with E-state index < -0.39 is 9.84 Å². The van der Waals surface area contributed by atoms with Gasteiger partial charge in [-0.25, -0.2) is 8.42 Å². The van der Waals surface area contributed by atoms with Crippen LogP contribution in [0.5, 0.6) is 0 Å². The third-order valence-corrected chi connectivity index (χ3v) is 6.14. The van der Waals surface area contributed by atoms with Crippen LogP contribution in [0.15, 0.2) is 0 Å². The molecule has 0 spiro atoms. The second-order valence-corrected chi connectivity index (χ2v) is 9.36. The predicted octanol–water partition coefficient (Wildman–Crippen LogP) is 2.73. The summed E-state index contributed by atoms with van der Waals surface area (Å²) in [6.45, 7) is 6.71. The van der Waals surface area contributed by atoms with Crippen LogP contribution in [0.25, 0.3) is 0 Å². The Balaban J connectivity index is 2.49. The van der Waals surface area contributed by atoms with Gasteiger partial charge in [0.15, 0.2) is 0 Å². The maximum atomic E-state index is 11.1. The van der Waals surface area contributed by atoms with E-state index in [-0.39, 0.29) is 4.75 Å². The number of rotatable bonds is 4. The quantitative estimate of drug-likeness (QED) is 0.769. The first-order chi connectivity index (χ1) is 6.72. The van der Waals surface area contributed by atoms with Crippen molar-refractivity contribution < 1.29 is 8.42 Å². The second-order valence-electron chi connectivity index (χ2n) is 5.27. The third-order valence-electron chi connectivity index (χ3n) is 3.14. The fourth-order valence-corrected chi connectivity index (χ4v) is 4.63. The van der Waals surface area contributed by atoms with Gasteiger partial charge in [0, 0.05) is 16.3 Å². The van der Waals surface area contributed by atoms with Crippen molar-refractivity contribution in [3.05, 3.63) is 0 Å². The van der Waals surface area contributed by atoms with Crippen molar-refractivity contribution in [2.24, 2.45) is 5.92 Å². The van der Waals surface area contributed by atoms with Crippen LogP contribution >= 0.6 is 11.8 Å². The van der Waals surface area contributed by atoms with E-state index in [1.807, 2.05) is 11.8 Å². The highest BCUT2D eigenvalue weighted by atomic mass is 32.2. The van der Waals surface area contributed by atoms with Gasteiger partial charge in [0.1, 0.15) is 9.84 Å². The van der Waals surface area contributed by atoms with Gasteiger partial charge in [0.2, 0.25) is 0 Å². The average Bonchev–Trinajstić information content (AvgIpc) is 2.45. The van der Waals surface area contributed by atoms with E-state index in [2.05, 4.69) is 20.8 Å². The summed E-state index contributed by atoms with van der Waals surface area (Å²) in [5, 5.41) is 0.717. The van der Waals surface area contributed by atoms with Crippen LogP contribution in [-0.2, 0) is 9.84 Å². The second kappa shape index (κ2) is 4.66. The van der Waals surface area contributed by atoms with Gasteiger partial charge in [0.25, 0.3) is 0 Å². The van der Waals surface area contributed by atoms with E-state index in [0.29, 0.717) is 11.7 Å². The molecule has 0 aromatic rings. The van der Waals surface area contributed by atoms with E-state index in [0.717, 1.165) is 18.1 Å². The van der Waals surface area contributed by atoms with E-state index in [9.17, 15) is 8.42 Å². The van der Waals surface area contributed by atoms with Crippen LogP contribution in [0.4, 0.5) is 0 Å². The summed E-state index contributed by atoms with van der Waals surface area (Å²) in [5.41, 5.74) is 0. The van der Waals surface area contributed by atoms with E-state index >= 15 is 0 Å². The lowest BCUT2D eigenvalue weighted by molar-refractivity contribution is 0.531. The van der Waals surface area contributed by atoms with Crippen molar-refractivity contribution >= 4 is 21.6 Å². The molecule has 1 aliphatic heterocycles. The molecule has 0 amide bonds. The summed E-state index contributed by atoms with van der Waals surface area (Å²) in [6.07, 6.45) is 4.54. The molecule has 1 aliphatic rings. The fourth-order valence-electron chi connectivity index (χ4n) is 1.99. The molecule has 0 aliphatic carbocycles. The van der Waals surface area contributed by atoms with Gasteiger partial charge in [-0.05, 0) is 25.2 Å². The maximum Gasteiger partial charge on any atom is 0.147 e. The number of thioether (sulfide) groups is 1. The first-order valence-electron chi connectivity index (χ1n) is 5.57. The molecule has 2 nitrogen and oxygen atoms in total. The summed E-state index contributed by atoms with van der Waals surface area (Å²) in [4.78, 5) is 0. The Morgan fingerprint density at radius 3 is 2.47 bits per heavy atom. The third kappa shape index (κ3) is 4.35. The number of hydrogen-bond donors (Lipinski definition) is 0. The topological polar surface area (TPSA) is 34.1 Å². The Labute approximate surface area is 98.1 Å². The average molecular weight is 250 g/mol. The zero-order chi connectivity index (χ0) is 11.7. The molecule has 4 heteroatoms. The summed E-state index contributed by atoms with van der Waals surface area (Å²) < 4.78 is 22.5. The highest BCUT2D eigenvalue weighted by Crippen LogP contribution is 2.47. The Bertz CT molecular complexity index is 309. The Hall–Kier alpha value is 0.300. The minimum atomic E-state index is -2.80. The normalized spacial score (nSPS) is 32.5. The standard InChI is InChI=1S/C11H22O2S2/c1-9(2)10-5-6-11(3,14-10)7-8-15(4,12)13/h9-10H,5-8H2,1-4H3. The Kier molecular flexibility index (Phi) is 4.15. The van der Waals surface area contributed by atoms with Gasteiger partial charge in [-0.2, -0.15) is 11.8 Å². The highest BCUT2D eigenvalue weighted by Gasteiger charge is 2.37. The molecule has 0 aromatic heterocycles. The van der Waals surface area contributed by atoms with Crippen molar-refractivity contribution in [1.29, 1.82) is 0 Å². The zero-order valence-corrected chi connectivity index (χ0v) is 11.7. The highest BCUT2D eigenvalue weighted by molar-refractivity contribution is 8.01. The van der Waals surface area contributed by atoms with E-state index in [1.165, 1.54) is 12.7 Å². The fraction of sp³-hybridized carbons (Fsp3) is 1.00. The minimum absolute atomic E-state index is 0.192. The van der Waals surface area contributed by atoms with Crippen LogP contribution in [0.2, 0.25) is 0 Å². The molecular formula is C11H22O2S2.